The fraction of sp³-hybridized carbons (Fsp3) is 0.455. The van der Waals surface area contributed by atoms with Crippen molar-refractivity contribution in [2.24, 2.45) is 0 Å². The van der Waals surface area contributed by atoms with E-state index in [9.17, 15) is 4.39 Å². The van der Waals surface area contributed by atoms with Crippen LogP contribution >= 0.6 is 23.5 Å². The van der Waals surface area contributed by atoms with Crippen LogP contribution in [0.1, 0.15) is 0 Å². The molecule has 7 heteroatoms. The Balaban J connectivity index is 1.67. The third-order valence-corrected chi connectivity index (χ3v) is 5.51. The fourth-order valence-electron chi connectivity index (χ4n) is 1.79. The van der Waals surface area contributed by atoms with Gasteiger partial charge in [0.2, 0.25) is 5.95 Å². The van der Waals surface area contributed by atoms with Gasteiger partial charge in [-0.2, -0.15) is 28.5 Å². The average Bonchev–Trinajstić information content (AvgIpc) is 2.79. The van der Waals surface area contributed by atoms with E-state index in [-0.39, 0.29) is 5.82 Å². The molecule has 96 valence electrons. The lowest BCUT2D eigenvalue weighted by Crippen LogP contribution is -2.23. The van der Waals surface area contributed by atoms with Crippen LogP contribution in [0.4, 0.5) is 10.3 Å². The lowest BCUT2D eigenvalue weighted by Gasteiger charge is -2.20. The Morgan fingerprint density at radius 3 is 3.22 bits per heavy atom. The zero-order valence-electron chi connectivity index (χ0n) is 9.67. The van der Waals surface area contributed by atoms with Crippen molar-refractivity contribution < 1.29 is 4.39 Å². The smallest absolute Gasteiger partial charge is 0.243 e. The fourth-order valence-corrected chi connectivity index (χ4v) is 4.40. The highest BCUT2D eigenvalue weighted by atomic mass is 32.2. The summed E-state index contributed by atoms with van der Waals surface area (Å²) in [4.78, 5) is 4.30. The maximum atomic E-state index is 13.0. The minimum absolute atomic E-state index is 0.307. The molecule has 0 radical (unpaired) electrons. The Kier molecular flexibility index (Phi) is 3.60. The average molecular weight is 284 g/mol. The monoisotopic (exact) mass is 284 g/mol. The molecule has 1 atom stereocenters. The number of rotatable bonds is 3. The molecule has 0 aliphatic carbocycles. The third-order valence-electron chi connectivity index (χ3n) is 2.67. The molecule has 18 heavy (non-hydrogen) atoms. The Morgan fingerprint density at radius 2 is 2.39 bits per heavy atom. The number of fused-ring (bicyclic) bond motifs is 1. The van der Waals surface area contributed by atoms with Crippen molar-refractivity contribution in [3.8, 4) is 0 Å². The first-order chi connectivity index (χ1) is 8.81. The van der Waals surface area contributed by atoms with Crippen LogP contribution in [0.2, 0.25) is 0 Å². The predicted molar refractivity (Wildman–Crippen MR) is 75.0 cm³/mol. The molecule has 4 nitrogen and oxygen atoms in total. The van der Waals surface area contributed by atoms with Gasteiger partial charge < -0.3 is 5.32 Å². The molecule has 0 saturated carbocycles. The third kappa shape index (κ3) is 2.72. The van der Waals surface area contributed by atoms with Gasteiger partial charge in [-0.25, -0.2) is 8.91 Å². The van der Waals surface area contributed by atoms with Gasteiger partial charge in [0.1, 0.15) is 5.82 Å². The minimum atomic E-state index is -0.307. The summed E-state index contributed by atoms with van der Waals surface area (Å²) in [6.45, 7) is 0.858. The summed E-state index contributed by atoms with van der Waals surface area (Å²) in [5.41, 5.74) is 0.657. The van der Waals surface area contributed by atoms with Gasteiger partial charge in [0.15, 0.2) is 5.65 Å². The van der Waals surface area contributed by atoms with Crippen molar-refractivity contribution in [2.45, 2.75) is 5.25 Å². The SMILES string of the molecule is Fc1ccc2nc(NCC3CSCCS3)nn2c1. The van der Waals surface area contributed by atoms with Crippen molar-refractivity contribution in [3.05, 3.63) is 24.1 Å². The molecule has 0 spiro atoms. The van der Waals surface area contributed by atoms with E-state index in [0.717, 1.165) is 6.54 Å². The summed E-state index contributed by atoms with van der Waals surface area (Å²) in [7, 11) is 0. The highest BCUT2D eigenvalue weighted by Crippen LogP contribution is 2.23. The van der Waals surface area contributed by atoms with Crippen LogP contribution in [-0.4, -0.2) is 43.7 Å². The quantitative estimate of drug-likeness (QED) is 0.935. The van der Waals surface area contributed by atoms with E-state index in [0.29, 0.717) is 16.8 Å². The first kappa shape index (κ1) is 12.1. The molecule has 0 aromatic carbocycles. The molecule has 1 fully saturated rings. The van der Waals surface area contributed by atoms with E-state index < -0.39 is 0 Å². The summed E-state index contributed by atoms with van der Waals surface area (Å²) in [5, 5.41) is 8.02. The molecule has 0 amide bonds. The first-order valence-electron chi connectivity index (χ1n) is 5.76. The predicted octanol–water partition coefficient (Wildman–Crippen LogP) is 2.13. The summed E-state index contributed by atoms with van der Waals surface area (Å²) < 4.78 is 14.5. The largest absolute Gasteiger partial charge is 0.352 e. The van der Waals surface area contributed by atoms with Gasteiger partial charge in [-0.3, -0.25) is 0 Å². The van der Waals surface area contributed by atoms with Crippen LogP contribution < -0.4 is 5.32 Å². The second-order valence-electron chi connectivity index (χ2n) is 4.03. The number of nitrogens with zero attached hydrogens (tertiary/aromatic N) is 3. The molecular weight excluding hydrogens is 271 g/mol. The molecule has 1 N–H and O–H groups in total. The van der Waals surface area contributed by atoms with Crippen molar-refractivity contribution in [2.75, 3.05) is 29.1 Å². The Labute approximate surface area is 113 Å². The molecule has 1 aliphatic heterocycles. The second-order valence-corrected chi connectivity index (χ2v) is 6.59. The zero-order chi connectivity index (χ0) is 12.4. The van der Waals surface area contributed by atoms with Gasteiger partial charge in [-0.05, 0) is 12.1 Å². The summed E-state index contributed by atoms with van der Waals surface area (Å²) in [6, 6.07) is 3.01. The number of halogens is 1. The maximum absolute atomic E-state index is 13.0. The minimum Gasteiger partial charge on any atom is -0.352 e. The van der Waals surface area contributed by atoms with Gasteiger partial charge in [0.25, 0.3) is 0 Å². The van der Waals surface area contributed by atoms with E-state index in [1.54, 1.807) is 6.07 Å². The van der Waals surface area contributed by atoms with Crippen molar-refractivity contribution in [1.29, 1.82) is 0 Å². The highest BCUT2D eigenvalue weighted by molar-refractivity contribution is 8.06. The Bertz CT molecular complexity index is 539. The molecule has 2 aromatic heterocycles. The summed E-state index contributed by atoms with van der Waals surface area (Å²) >= 11 is 3.97. The van der Waals surface area contributed by atoms with Crippen LogP contribution in [0.5, 0.6) is 0 Å². The van der Waals surface area contributed by atoms with Crippen molar-refractivity contribution in [3.63, 3.8) is 0 Å². The van der Waals surface area contributed by atoms with Crippen LogP contribution in [0, 0.1) is 5.82 Å². The number of pyridine rings is 1. The number of anilines is 1. The second kappa shape index (κ2) is 5.36. The van der Waals surface area contributed by atoms with Gasteiger partial charge in [0, 0.05) is 29.1 Å². The van der Waals surface area contributed by atoms with Gasteiger partial charge >= 0.3 is 0 Å². The van der Waals surface area contributed by atoms with Gasteiger partial charge in [-0.15, -0.1) is 5.10 Å². The molecule has 1 saturated heterocycles. The van der Waals surface area contributed by atoms with Crippen molar-refractivity contribution in [1.82, 2.24) is 14.6 Å². The normalized spacial score (nSPS) is 20.2. The Morgan fingerprint density at radius 1 is 1.44 bits per heavy atom. The molecule has 0 bridgehead atoms. The standard InChI is InChI=1S/C11H13FN4S2/c12-8-1-2-10-14-11(15-16(10)6-8)13-5-9-7-17-3-4-18-9/h1-2,6,9H,3-5,7H2,(H,13,15). The van der Waals surface area contributed by atoms with E-state index in [1.165, 1.54) is 34.0 Å². The van der Waals surface area contributed by atoms with Crippen LogP contribution in [0.15, 0.2) is 18.3 Å². The van der Waals surface area contributed by atoms with Crippen LogP contribution in [0.25, 0.3) is 5.65 Å². The molecule has 3 rings (SSSR count). The number of thioether (sulfide) groups is 2. The maximum Gasteiger partial charge on any atom is 0.243 e. The van der Waals surface area contributed by atoms with E-state index in [1.807, 2.05) is 23.5 Å². The molecular formula is C11H13FN4S2. The molecule has 1 unspecified atom stereocenters. The van der Waals surface area contributed by atoms with E-state index in [4.69, 9.17) is 0 Å². The summed E-state index contributed by atoms with van der Waals surface area (Å²) in [5.74, 6) is 3.88. The molecule has 2 aromatic rings. The Hall–Kier alpha value is -0.950. The number of hydrogen-bond acceptors (Lipinski definition) is 5. The topological polar surface area (TPSA) is 42.2 Å². The number of hydrogen-bond donors (Lipinski definition) is 1. The van der Waals surface area contributed by atoms with E-state index >= 15 is 0 Å². The highest BCUT2D eigenvalue weighted by Gasteiger charge is 2.14. The number of nitrogens with one attached hydrogen (secondary N) is 1. The van der Waals surface area contributed by atoms with Gasteiger partial charge in [-0.1, -0.05) is 0 Å². The first-order valence-corrected chi connectivity index (χ1v) is 7.97. The lowest BCUT2D eigenvalue weighted by atomic mass is 10.4. The lowest BCUT2D eigenvalue weighted by molar-refractivity contribution is 0.615. The molecule has 3 heterocycles. The zero-order valence-corrected chi connectivity index (χ0v) is 11.3. The van der Waals surface area contributed by atoms with Gasteiger partial charge in [0.05, 0.1) is 6.20 Å². The van der Waals surface area contributed by atoms with E-state index in [2.05, 4.69) is 15.4 Å². The van der Waals surface area contributed by atoms with Crippen LogP contribution in [-0.2, 0) is 0 Å². The number of aromatic nitrogens is 3. The van der Waals surface area contributed by atoms with Crippen LogP contribution in [0.3, 0.4) is 0 Å². The summed E-state index contributed by atoms with van der Waals surface area (Å²) in [6.07, 6.45) is 1.33. The molecule has 1 aliphatic rings. The van der Waals surface area contributed by atoms with Crippen molar-refractivity contribution >= 4 is 35.1 Å².